The molecule has 1 aliphatic heterocycles. The van der Waals surface area contributed by atoms with Crippen LogP contribution in [-0.4, -0.2) is 13.1 Å². The van der Waals surface area contributed by atoms with Gasteiger partial charge in [0.1, 0.15) is 5.82 Å². The summed E-state index contributed by atoms with van der Waals surface area (Å²) in [5.74, 6) is 2.26. The highest BCUT2D eigenvalue weighted by atomic mass is 19.1. The molecule has 5 atom stereocenters. The average molecular weight is 244 g/mol. The molecule has 4 fully saturated rings. The van der Waals surface area contributed by atoms with Crippen LogP contribution in [0.25, 0.3) is 0 Å². The zero-order valence-corrected chi connectivity index (χ0v) is 10.2. The maximum absolute atomic E-state index is 14.2. The second-order valence-electron chi connectivity index (χ2n) is 6.75. The van der Waals surface area contributed by atoms with Crippen molar-refractivity contribution in [3.8, 4) is 0 Å². The van der Waals surface area contributed by atoms with E-state index in [1.54, 1.807) is 0 Å². The van der Waals surface area contributed by atoms with Crippen molar-refractivity contribution >= 4 is 5.69 Å². The summed E-state index contributed by atoms with van der Waals surface area (Å²) in [4.78, 5) is 0. The van der Waals surface area contributed by atoms with E-state index >= 15 is 0 Å². The molecule has 0 amide bonds. The highest BCUT2D eigenvalue weighted by Gasteiger charge is 2.93. The van der Waals surface area contributed by atoms with Crippen LogP contribution < -0.4 is 11.1 Å². The van der Waals surface area contributed by atoms with Crippen LogP contribution in [-0.2, 0) is 5.41 Å². The molecular formula is C15H17FN2. The van der Waals surface area contributed by atoms with Crippen molar-refractivity contribution in [2.45, 2.75) is 18.3 Å². The summed E-state index contributed by atoms with van der Waals surface area (Å²) in [6.07, 6.45) is 2.49. The smallest absolute Gasteiger partial charge is 0.129 e. The largest absolute Gasteiger partial charge is 0.399 e. The lowest BCUT2D eigenvalue weighted by Crippen LogP contribution is -2.38. The lowest BCUT2D eigenvalue weighted by Gasteiger charge is -2.36. The Hall–Kier alpha value is -1.09. The maximum atomic E-state index is 14.2. The fraction of sp³-hybridized carbons (Fsp3) is 0.600. The van der Waals surface area contributed by atoms with E-state index in [2.05, 4.69) is 5.32 Å². The monoisotopic (exact) mass is 244 g/mol. The zero-order chi connectivity index (χ0) is 12.1. The minimum atomic E-state index is -0.0745. The lowest BCUT2D eigenvalue weighted by molar-refractivity contribution is 0.234. The van der Waals surface area contributed by atoms with Gasteiger partial charge >= 0.3 is 0 Å². The molecular weight excluding hydrogens is 227 g/mol. The summed E-state index contributed by atoms with van der Waals surface area (Å²) in [7, 11) is 0. The quantitative estimate of drug-likeness (QED) is 0.741. The molecule has 3 heteroatoms. The van der Waals surface area contributed by atoms with E-state index in [1.807, 2.05) is 12.1 Å². The number of nitrogens with two attached hydrogens (primary N) is 1. The molecule has 1 aromatic rings. The minimum absolute atomic E-state index is 0.0745. The van der Waals surface area contributed by atoms with Crippen molar-refractivity contribution in [2.24, 2.45) is 23.2 Å². The minimum Gasteiger partial charge on any atom is -0.399 e. The first-order valence-electron chi connectivity index (χ1n) is 6.96. The fourth-order valence-electron chi connectivity index (χ4n) is 5.75. The van der Waals surface area contributed by atoms with Crippen LogP contribution in [0.1, 0.15) is 18.4 Å². The number of halogens is 1. The molecule has 0 radical (unpaired) electrons. The summed E-state index contributed by atoms with van der Waals surface area (Å²) in [6.45, 7) is 2.28. The first-order valence-corrected chi connectivity index (χ1v) is 6.96. The van der Waals surface area contributed by atoms with Gasteiger partial charge in [-0.05, 0) is 66.8 Å². The van der Waals surface area contributed by atoms with Crippen molar-refractivity contribution in [1.82, 2.24) is 5.32 Å². The predicted molar refractivity (Wildman–Crippen MR) is 67.5 cm³/mol. The van der Waals surface area contributed by atoms with E-state index in [0.717, 1.165) is 36.4 Å². The Bertz CT molecular complexity index is 570. The van der Waals surface area contributed by atoms with Gasteiger partial charge in [-0.25, -0.2) is 4.39 Å². The Labute approximate surface area is 106 Å². The molecule has 1 heterocycles. The molecule has 3 aliphatic carbocycles. The molecule has 18 heavy (non-hydrogen) atoms. The third-order valence-electron chi connectivity index (χ3n) is 6.31. The van der Waals surface area contributed by atoms with Crippen LogP contribution in [0.4, 0.5) is 10.1 Å². The van der Waals surface area contributed by atoms with Crippen molar-refractivity contribution in [3.63, 3.8) is 0 Å². The Morgan fingerprint density at radius 3 is 3.00 bits per heavy atom. The summed E-state index contributed by atoms with van der Waals surface area (Å²) in [5.41, 5.74) is 7.83. The lowest BCUT2D eigenvalue weighted by atomic mass is 9.70. The topological polar surface area (TPSA) is 38.0 Å². The average Bonchev–Trinajstić information content (AvgIpc) is 3.06. The van der Waals surface area contributed by atoms with Crippen molar-refractivity contribution in [2.75, 3.05) is 18.8 Å². The first-order chi connectivity index (χ1) is 8.70. The number of hydrogen-bond donors (Lipinski definition) is 2. The van der Waals surface area contributed by atoms with Crippen LogP contribution in [0, 0.1) is 29.0 Å². The SMILES string of the molecule is Nc1ccc(C23CC4CNCC5CC52C43)c(F)c1. The number of nitrogen functional groups attached to an aromatic ring is 1. The molecule has 1 spiro atoms. The Morgan fingerprint density at radius 1 is 1.28 bits per heavy atom. The fourth-order valence-corrected chi connectivity index (χ4v) is 5.75. The van der Waals surface area contributed by atoms with Gasteiger partial charge in [-0.2, -0.15) is 0 Å². The number of benzene rings is 1. The Morgan fingerprint density at radius 2 is 2.17 bits per heavy atom. The zero-order valence-electron chi connectivity index (χ0n) is 10.2. The molecule has 5 unspecified atom stereocenters. The predicted octanol–water partition coefficient (Wildman–Crippen LogP) is 1.90. The van der Waals surface area contributed by atoms with E-state index < -0.39 is 0 Å². The molecule has 2 nitrogen and oxygen atoms in total. The summed E-state index contributed by atoms with van der Waals surface area (Å²) in [6, 6.07) is 5.32. The molecule has 5 rings (SSSR count). The van der Waals surface area contributed by atoms with E-state index in [-0.39, 0.29) is 11.2 Å². The Kier molecular flexibility index (Phi) is 1.41. The normalized spacial score (nSPS) is 50.6. The van der Waals surface area contributed by atoms with Crippen LogP contribution in [0.2, 0.25) is 0 Å². The molecule has 1 aromatic carbocycles. The van der Waals surface area contributed by atoms with Gasteiger partial charge in [-0.15, -0.1) is 0 Å². The van der Waals surface area contributed by atoms with Crippen molar-refractivity contribution < 1.29 is 4.39 Å². The molecule has 0 aromatic heterocycles. The molecule has 4 aliphatic rings. The second kappa shape index (κ2) is 2.60. The van der Waals surface area contributed by atoms with Crippen LogP contribution >= 0.6 is 0 Å². The van der Waals surface area contributed by atoms with Crippen molar-refractivity contribution in [1.29, 1.82) is 0 Å². The second-order valence-corrected chi connectivity index (χ2v) is 6.75. The third kappa shape index (κ3) is 0.778. The molecule has 94 valence electrons. The third-order valence-corrected chi connectivity index (χ3v) is 6.31. The van der Waals surface area contributed by atoms with Gasteiger partial charge in [0, 0.05) is 11.1 Å². The highest BCUT2D eigenvalue weighted by Crippen LogP contribution is 2.94. The van der Waals surface area contributed by atoms with Gasteiger partial charge in [0.25, 0.3) is 0 Å². The maximum Gasteiger partial charge on any atom is 0.129 e. The first kappa shape index (κ1) is 9.79. The number of anilines is 1. The van der Waals surface area contributed by atoms with Crippen molar-refractivity contribution in [3.05, 3.63) is 29.6 Å². The van der Waals surface area contributed by atoms with Gasteiger partial charge in [-0.1, -0.05) is 6.07 Å². The molecule has 1 saturated heterocycles. The van der Waals surface area contributed by atoms with Gasteiger partial charge in [0.15, 0.2) is 0 Å². The number of rotatable bonds is 1. The highest BCUT2D eigenvalue weighted by molar-refractivity contribution is 5.56. The van der Waals surface area contributed by atoms with Gasteiger partial charge < -0.3 is 11.1 Å². The Balaban J connectivity index is 1.63. The van der Waals surface area contributed by atoms with Crippen LogP contribution in [0.5, 0.6) is 0 Å². The van der Waals surface area contributed by atoms with Crippen LogP contribution in [0.15, 0.2) is 18.2 Å². The number of nitrogens with one attached hydrogen (secondary N) is 1. The summed E-state index contributed by atoms with van der Waals surface area (Å²) < 4.78 is 14.2. The van der Waals surface area contributed by atoms with Crippen LogP contribution in [0.3, 0.4) is 0 Å². The van der Waals surface area contributed by atoms with Gasteiger partial charge in [0.05, 0.1) is 0 Å². The standard InChI is InChI=1S/C15H17FN2/c16-12-3-10(17)1-2-11(12)15-4-8-6-18-7-9-5-14(9,15)13(8)15/h1-3,8-9,13,18H,4-7,17H2. The summed E-state index contributed by atoms with van der Waals surface area (Å²) >= 11 is 0. The van der Waals surface area contributed by atoms with E-state index in [9.17, 15) is 4.39 Å². The van der Waals surface area contributed by atoms with E-state index in [0.29, 0.717) is 11.1 Å². The van der Waals surface area contributed by atoms with Gasteiger partial charge in [0.2, 0.25) is 0 Å². The van der Waals surface area contributed by atoms with E-state index in [4.69, 9.17) is 5.73 Å². The van der Waals surface area contributed by atoms with Gasteiger partial charge in [-0.3, -0.25) is 0 Å². The molecule has 3 N–H and O–H groups in total. The summed E-state index contributed by atoms with van der Waals surface area (Å²) in [5, 5.41) is 3.56. The molecule has 3 saturated carbocycles. The number of hydrogen-bond acceptors (Lipinski definition) is 2. The van der Waals surface area contributed by atoms with E-state index in [1.165, 1.54) is 18.9 Å². The molecule has 0 bridgehead atoms.